The van der Waals surface area contributed by atoms with E-state index in [0.29, 0.717) is 12.4 Å². The van der Waals surface area contributed by atoms with Crippen LogP contribution in [0.25, 0.3) is 0 Å². The fourth-order valence-corrected chi connectivity index (χ4v) is 0.821. The van der Waals surface area contributed by atoms with Crippen molar-refractivity contribution in [3.05, 3.63) is 24.2 Å². The molecule has 0 saturated heterocycles. The van der Waals surface area contributed by atoms with Gasteiger partial charge in [0.25, 0.3) is 0 Å². The molecule has 3 heteroatoms. The van der Waals surface area contributed by atoms with E-state index in [1.165, 1.54) is 6.26 Å². The van der Waals surface area contributed by atoms with Crippen LogP contribution in [0.3, 0.4) is 0 Å². The molecule has 0 fully saturated rings. The number of hydrogen-bond acceptors (Lipinski definition) is 3. The lowest BCUT2D eigenvalue weighted by Crippen LogP contribution is -2.03. The Balaban J connectivity index is 2.63. The second kappa shape index (κ2) is 3.93. The maximum atomic E-state index is 10.4. The Morgan fingerprint density at radius 1 is 1.82 bits per heavy atom. The van der Waals surface area contributed by atoms with E-state index in [2.05, 4.69) is 0 Å². The molecule has 0 aliphatic carbocycles. The van der Waals surface area contributed by atoms with Crippen LogP contribution in [0, 0.1) is 0 Å². The predicted octanol–water partition coefficient (Wildman–Crippen LogP) is 1.56. The lowest BCUT2D eigenvalue weighted by molar-refractivity contribution is -0.119. The van der Waals surface area contributed by atoms with Gasteiger partial charge in [-0.1, -0.05) is 0 Å². The summed E-state index contributed by atoms with van der Waals surface area (Å²) in [5.41, 5.74) is 0. The monoisotopic (exact) mass is 154 g/mol. The molecule has 0 bridgehead atoms. The maximum absolute atomic E-state index is 10.4. The highest BCUT2D eigenvalue weighted by atomic mass is 16.5. The molecule has 1 rings (SSSR count). The van der Waals surface area contributed by atoms with Gasteiger partial charge in [-0.3, -0.25) is 4.79 Å². The van der Waals surface area contributed by atoms with Gasteiger partial charge in [-0.15, -0.1) is 0 Å². The highest BCUT2D eigenvalue weighted by Gasteiger charge is 2.11. The summed E-state index contributed by atoms with van der Waals surface area (Å²) in [6, 6.07) is 3.44. The Kier molecular flexibility index (Phi) is 2.86. The van der Waals surface area contributed by atoms with Crippen molar-refractivity contribution in [1.29, 1.82) is 0 Å². The highest BCUT2D eigenvalue weighted by Crippen LogP contribution is 2.14. The zero-order valence-electron chi connectivity index (χ0n) is 6.32. The van der Waals surface area contributed by atoms with Gasteiger partial charge in [-0.2, -0.15) is 0 Å². The van der Waals surface area contributed by atoms with E-state index >= 15 is 0 Å². The van der Waals surface area contributed by atoms with Crippen LogP contribution in [-0.2, 0) is 9.53 Å². The third-order valence-corrected chi connectivity index (χ3v) is 1.29. The van der Waals surface area contributed by atoms with Crippen LogP contribution in [-0.4, -0.2) is 12.9 Å². The number of furan rings is 1. The first-order valence-corrected chi connectivity index (χ1v) is 3.48. The van der Waals surface area contributed by atoms with Crippen molar-refractivity contribution in [3.63, 3.8) is 0 Å². The van der Waals surface area contributed by atoms with E-state index in [-0.39, 0.29) is 0 Å². The number of aldehydes is 1. The SMILES string of the molecule is CCOC(C=O)c1ccco1. The molecule has 0 aliphatic heterocycles. The van der Waals surface area contributed by atoms with Gasteiger partial charge in [-0.05, 0) is 19.1 Å². The van der Waals surface area contributed by atoms with Gasteiger partial charge < -0.3 is 9.15 Å². The standard InChI is InChI=1S/C8H10O3/c1-2-10-8(6-9)7-4-3-5-11-7/h3-6,8H,2H2,1H3. The van der Waals surface area contributed by atoms with Crippen molar-refractivity contribution in [1.82, 2.24) is 0 Å². The fourth-order valence-electron chi connectivity index (χ4n) is 0.821. The van der Waals surface area contributed by atoms with Gasteiger partial charge in [0.15, 0.2) is 12.4 Å². The first-order chi connectivity index (χ1) is 5.38. The molecule has 1 atom stereocenters. The molecule has 0 aromatic carbocycles. The molecular weight excluding hydrogens is 144 g/mol. The second-order valence-electron chi connectivity index (χ2n) is 2.03. The van der Waals surface area contributed by atoms with Gasteiger partial charge >= 0.3 is 0 Å². The van der Waals surface area contributed by atoms with Gasteiger partial charge in [0.05, 0.1) is 6.26 Å². The molecule has 0 spiro atoms. The van der Waals surface area contributed by atoms with E-state index in [1.807, 2.05) is 6.92 Å². The molecule has 0 N–H and O–H groups in total. The minimum absolute atomic E-state index is 0.504. The van der Waals surface area contributed by atoms with E-state index < -0.39 is 6.10 Å². The maximum Gasteiger partial charge on any atom is 0.170 e. The summed E-state index contributed by atoms with van der Waals surface area (Å²) in [5.74, 6) is 0.557. The molecule has 0 amide bonds. The van der Waals surface area contributed by atoms with Crippen molar-refractivity contribution < 1.29 is 13.9 Å². The van der Waals surface area contributed by atoms with Gasteiger partial charge in [0.1, 0.15) is 5.76 Å². The topological polar surface area (TPSA) is 39.4 Å². The van der Waals surface area contributed by atoms with Crippen molar-refractivity contribution in [3.8, 4) is 0 Å². The van der Waals surface area contributed by atoms with Crippen LogP contribution in [0.4, 0.5) is 0 Å². The largest absolute Gasteiger partial charge is 0.466 e. The Hall–Kier alpha value is -1.09. The van der Waals surface area contributed by atoms with Crippen LogP contribution in [0.1, 0.15) is 18.8 Å². The lowest BCUT2D eigenvalue weighted by atomic mass is 10.3. The van der Waals surface area contributed by atoms with Crippen molar-refractivity contribution >= 4 is 6.29 Å². The van der Waals surface area contributed by atoms with Gasteiger partial charge in [0.2, 0.25) is 0 Å². The molecule has 60 valence electrons. The average Bonchev–Trinajstić information content (AvgIpc) is 2.52. The first-order valence-electron chi connectivity index (χ1n) is 3.48. The zero-order chi connectivity index (χ0) is 8.10. The fraction of sp³-hybridized carbons (Fsp3) is 0.375. The summed E-state index contributed by atoms with van der Waals surface area (Å²) >= 11 is 0. The number of carbonyl (C=O) groups is 1. The molecule has 3 nitrogen and oxygen atoms in total. The first kappa shape index (κ1) is 8.01. The average molecular weight is 154 g/mol. The Labute approximate surface area is 65.0 Å². The molecule has 1 aromatic heterocycles. The van der Waals surface area contributed by atoms with Gasteiger partial charge in [0, 0.05) is 6.61 Å². The molecule has 0 radical (unpaired) electrons. The number of ether oxygens (including phenoxy) is 1. The van der Waals surface area contributed by atoms with Crippen molar-refractivity contribution in [2.24, 2.45) is 0 Å². The third kappa shape index (κ3) is 1.91. The van der Waals surface area contributed by atoms with E-state index in [4.69, 9.17) is 9.15 Å². The third-order valence-electron chi connectivity index (χ3n) is 1.29. The molecule has 0 saturated carbocycles. The summed E-state index contributed by atoms with van der Waals surface area (Å²) in [6.45, 7) is 2.34. The second-order valence-corrected chi connectivity index (χ2v) is 2.03. The Morgan fingerprint density at radius 3 is 3.09 bits per heavy atom. The van der Waals surface area contributed by atoms with Crippen molar-refractivity contribution in [2.75, 3.05) is 6.61 Å². The summed E-state index contributed by atoms with van der Waals surface area (Å²) in [5, 5.41) is 0. The smallest absolute Gasteiger partial charge is 0.170 e. The summed E-state index contributed by atoms with van der Waals surface area (Å²) in [4.78, 5) is 10.4. The highest BCUT2D eigenvalue weighted by molar-refractivity contribution is 5.58. The van der Waals surface area contributed by atoms with Crippen LogP contribution < -0.4 is 0 Å². The number of hydrogen-bond donors (Lipinski definition) is 0. The van der Waals surface area contributed by atoms with Gasteiger partial charge in [-0.25, -0.2) is 0 Å². The lowest BCUT2D eigenvalue weighted by Gasteiger charge is -2.05. The number of carbonyl (C=O) groups excluding carboxylic acids is 1. The zero-order valence-corrected chi connectivity index (χ0v) is 6.32. The van der Waals surface area contributed by atoms with Crippen molar-refractivity contribution in [2.45, 2.75) is 13.0 Å². The normalized spacial score (nSPS) is 12.8. The molecule has 1 unspecified atom stereocenters. The molecule has 11 heavy (non-hydrogen) atoms. The number of rotatable bonds is 4. The Bertz CT molecular complexity index is 203. The summed E-state index contributed by atoms with van der Waals surface area (Å²) in [6.07, 6.45) is 1.70. The minimum atomic E-state index is -0.546. The predicted molar refractivity (Wildman–Crippen MR) is 39.1 cm³/mol. The van der Waals surface area contributed by atoms with E-state index in [1.54, 1.807) is 12.1 Å². The molecular formula is C8H10O3. The minimum Gasteiger partial charge on any atom is -0.466 e. The van der Waals surface area contributed by atoms with Crippen LogP contribution in [0.2, 0.25) is 0 Å². The van der Waals surface area contributed by atoms with Crippen LogP contribution >= 0.6 is 0 Å². The van der Waals surface area contributed by atoms with Crippen LogP contribution in [0.5, 0.6) is 0 Å². The molecule has 1 heterocycles. The molecule has 0 aliphatic rings. The molecule has 1 aromatic rings. The quantitative estimate of drug-likeness (QED) is 0.618. The Morgan fingerprint density at radius 2 is 2.64 bits per heavy atom. The van der Waals surface area contributed by atoms with E-state index in [9.17, 15) is 4.79 Å². The summed E-state index contributed by atoms with van der Waals surface area (Å²) in [7, 11) is 0. The van der Waals surface area contributed by atoms with Crippen LogP contribution in [0.15, 0.2) is 22.8 Å². The van der Waals surface area contributed by atoms with E-state index in [0.717, 1.165) is 6.29 Å². The summed E-state index contributed by atoms with van der Waals surface area (Å²) < 4.78 is 10.1.